The number of pyridine rings is 1. The summed E-state index contributed by atoms with van der Waals surface area (Å²) >= 11 is 0. The van der Waals surface area contributed by atoms with E-state index >= 15 is 0 Å². The monoisotopic (exact) mass is 728 g/mol. The molecule has 11 aromatic rings. The zero-order valence-corrected chi connectivity index (χ0v) is 31.5. The molecule has 11 rings (SSSR count). The van der Waals surface area contributed by atoms with Crippen molar-refractivity contribution in [3.63, 3.8) is 0 Å². The predicted molar refractivity (Wildman–Crippen MR) is 232 cm³/mol. The Hall–Kier alpha value is -6.72. The van der Waals surface area contributed by atoms with E-state index in [-0.39, 0.29) is 23.2 Å². The molecule has 0 spiro atoms. The van der Waals surface area contributed by atoms with Crippen molar-refractivity contribution in [1.29, 1.82) is 0 Å². The second kappa shape index (κ2) is 12.1. The molecule has 5 heteroatoms. The van der Waals surface area contributed by atoms with Crippen molar-refractivity contribution in [3.8, 4) is 28.2 Å². The molecule has 7 aromatic carbocycles. The number of fused-ring (bicyclic) bond motifs is 11. The van der Waals surface area contributed by atoms with E-state index < -0.39 is 6.85 Å². The molecule has 5 nitrogen and oxygen atoms in total. The van der Waals surface area contributed by atoms with E-state index in [4.69, 9.17) is 17.9 Å². The largest absolute Gasteiger partial charge is 0.455 e. The van der Waals surface area contributed by atoms with Crippen LogP contribution in [0.15, 0.2) is 142 Å². The number of hydrogen-bond donors (Lipinski definition) is 0. The summed E-state index contributed by atoms with van der Waals surface area (Å²) in [6.45, 7) is 6.60. The van der Waals surface area contributed by atoms with E-state index in [0.717, 1.165) is 82.7 Å². The maximum absolute atomic E-state index is 8.06. The Balaban J connectivity index is 1.28. The summed E-state index contributed by atoms with van der Waals surface area (Å²) in [7, 11) is 0. The minimum atomic E-state index is -2.37. The summed E-state index contributed by atoms with van der Waals surface area (Å²) in [5, 5.41) is 8.29. The summed E-state index contributed by atoms with van der Waals surface area (Å²) in [4.78, 5) is 10.0. The maximum Gasteiger partial charge on any atom is 0.227 e. The molecular weight excluding hydrogens is 687 g/mol. The Kier molecular flexibility index (Phi) is 6.42. The van der Waals surface area contributed by atoms with Gasteiger partial charge in [-0.15, -0.1) is 0 Å². The van der Waals surface area contributed by atoms with E-state index in [0.29, 0.717) is 5.58 Å². The third kappa shape index (κ3) is 4.80. The highest BCUT2D eigenvalue weighted by Crippen LogP contribution is 2.46. The highest BCUT2D eigenvalue weighted by molar-refractivity contribution is 6.19. The molecule has 4 heterocycles. The number of aryl methyl sites for hydroxylation is 1. The Labute approximate surface area is 328 Å². The highest BCUT2D eigenvalue weighted by atomic mass is 16.3. The van der Waals surface area contributed by atoms with Gasteiger partial charge in [-0.1, -0.05) is 107 Å². The van der Waals surface area contributed by atoms with Gasteiger partial charge in [0.1, 0.15) is 22.6 Å². The number of nitrogens with zero attached hydrogens (tertiary/aromatic N) is 3. The average molecular weight is 729 g/mol. The first kappa shape index (κ1) is 29.6. The molecule has 0 unspecified atom stereocenters. The molecule has 0 amide bonds. The fourth-order valence-corrected chi connectivity index (χ4v) is 8.80. The van der Waals surface area contributed by atoms with Crippen LogP contribution in [0.2, 0.25) is 0 Å². The van der Waals surface area contributed by atoms with Crippen LogP contribution >= 0.6 is 0 Å². The zero-order valence-electron chi connectivity index (χ0n) is 34.5. The molecule has 0 saturated heterocycles. The standard InChI is InChI=1S/C51H39N3O2/c1-28(2)39-25-34(31-12-7-6-8-13-31)26-40(29(3)4)47(39)54-48-43(22-23-44-46(48)37-21-18-30(5)52-51(37)56-44)53-50(54)38-17-11-16-36-42-24-33-20-19-32-14-9-10-15-35(32)41(33)27-45(42)55-49(36)38/h6-29H,1-5H3/i5D3. The Morgan fingerprint density at radius 3 is 2.14 bits per heavy atom. The lowest BCUT2D eigenvalue weighted by Crippen LogP contribution is -2.09. The van der Waals surface area contributed by atoms with Crippen molar-refractivity contribution in [2.75, 3.05) is 0 Å². The fourth-order valence-electron chi connectivity index (χ4n) is 8.80. The van der Waals surface area contributed by atoms with E-state index in [1.165, 1.54) is 21.9 Å². The average Bonchev–Trinajstić information content (AvgIpc) is 3.93. The van der Waals surface area contributed by atoms with Crippen LogP contribution in [0.4, 0.5) is 0 Å². The molecule has 0 saturated carbocycles. The predicted octanol–water partition coefficient (Wildman–Crippen LogP) is 14.4. The summed E-state index contributed by atoms with van der Waals surface area (Å²) in [5.74, 6) is 1.03. The van der Waals surface area contributed by atoms with Crippen LogP contribution in [0.5, 0.6) is 0 Å². The SMILES string of the molecule is [2H]C([2H])([2H])c1ccc2c(n1)oc1ccc3nc(-c4cccc5c4oc4cc6c(ccc7ccccc76)cc45)n(-c4c(C(C)C)cc(-c5ccccc5)cc4C(C)C)c3c12. The summed E-state index contributed by atoms with van der Waals surface area (Å²) < 4.78 is 39.8. The van der Waals surface area contributed by atoms with Gasteiger partial charge in [0.2, 0.25) is 5.71 Å². The van der Waals surface area contributed by atoms with Gasteiger partial charge in [0, 0.05) is 20.6 Å². The molecule has 4 aromatic heterocycles. The van der Waals surface area contributed by atoms with Crippen molar-refractivity contribution in [2.24, 2.45) is 0 Å². The van der Waals surface area contributed by atoms with Crippen LogP contribution in [-0.2, 0) is 0 Å². The maximum atomic E-state index is 8.06. The van der Waals surface area contributed by atoms with Gasteiger partial charge in [-0.3, -0.25) is 4.57 Å². The van der Waals surface area contributed by atoms with Gasteiger partial charge in [-0.2, -0.15) is 0 Å². The van der Waals surface area contributed by atoms with Gasteiger partial charge >= 0.3 is 0 Å². The zero-order chi connectivity index (χ0) is 40.3. The summed E-state index contributed by atoms with van der Waals surface area (Å²) in [6, 6.07) is 46.1. The van der Waals surface area contributed by atoms with Crippen LogP contribution < -0.4 is 0 Å². The summed E-state index contributed by atoms with van der Waals surface area (Å²) in [5.41, 5.74) is 10.7. The minimum absolute atomic E-state index is 0.00703. The van der Waals surface area contributed by atoms with Crippen LogP contribution in [0.3, 0.4) is 0 Å². The van der Waals surface area contributed by atoms with Gasteiger partial charge in [-0.05, 0) is 117 Å². The van der Waals surface area contributed by atoms with Crippen LogP contribution in [0.25, 0.3) is 105 Å². The van der Waals surface area contributed by atoms with Crippen molar-refractivity contribution < 1.29 is 12.9 Å². The topological polar surface area (TPSA) is 57.0 Å². The molecule has 0 fully saturated rings. The molecule has 0 N–H and O–H groups in total. The number of hydrogen-bond acceptors (Lipinski definition) is 4. The molecule has 0 radical (unpaired) electrons. The fraction of sp³-hybridized carbons (Fsp3) is 0.137. The molecule has 56 heavy (non-hydrogen) atoms. The third-order valence-electron chi connectivity index (χ3n) is 11.5. The van der Waals surface area contributed by atoms with E-state index in [1.54, 1.807) is 6.07 Å². The van der Waals surface area contributed by atoms with Crippen molar-refractivity contribution in [2.45, 2.75) is 46.4 Å². The first-order chi connectivity index (χ1) is 28.5. The first-order valence-electron chi connectivity index (χ1n) is 20.8. The molecule has 0 aliphatic heterocycles. The Morgan fingerprint density at radius 2 is 1.34 bits per heavy atom. The lowest BCUT2D eigenvalue weighted by atomic mass is 9.88. The first-order valence-corrected chi connectivity index (χ1v) is 19.3. The number of rotatable bonds is 5. The van der Waals surface area contributed by atoms with Crippen molar-refractivity contribution in [3.05, 3.63) is 150 Å². The smallest absolute Gasteiger partial charge is 0.227 e. The molecular formula is C51H39N3O2. The van der Waals surface area contributed by atoms with Gasteiger partial charge in [0.25, 0.3) is 0 Å². The van der Waals surface area contributed by atoms with Crippen LogP contribution in [0.1, 0.15) is 60.5 Å². The summed E-state index contributed by atoms with van der Waals surface area (Å²) in [6.07, 6.45) is 0. The lowest BCUT2D eigenvalue weighted by Gasteiger charge is -2.24. The minimum Gasteiger partial charge on any atom is -0.455 e. The lowest BCUT2D eigenvalue weighted by molar-refractivity contribution is 0.653. The molecule has 0 aliphatic carbocycles. The van der Waals surface area contributed by atoms with Crippen molar-refractivity contribution in [1.82, 2.24) is 14.5 Å². The molecule has 270 valence electrons. The van der Waals surface area contributed by atoms with Gasteiger partial charge in [-0.25, -0.2) is 9.97 Å². The second-order valence-corrected chi connectivity index (χ2v) is 15.5. The van der Waals surface area contributed by atoms with E-state index in [1.807, 2.05) is 24.3 Å². The molecule has 0 bridgehead atoms. The second-order valence-electron chi connectivity index (χ2n) is 15.5. The van der Waals surface area contributed by atoms with Gasteiger partial charge in [0.05, 0.1) is 33.1 Å². The number of furan rings is 2. The molecule has 0 atom stereocenters. The normalized spacial score (nSPS) is 13.4. The Morgan fingerprint density at radius 1 is 0.571 bits per heavy atom. The van der Waals surface area contributed by atoms with Gasteiger partial charge in [0.15, 0.2) is 0 Å². The van der Waals surface area contributed by atoms with Crippen LogP contribution in [0, 0.1) is 6.85 Å². The van der Waals surface area contributed by atoms with Gasteiger partial charge < -0.3 is 8.83 Å². The van der Waals surface area contributed by atoms with E-state index in [9.17, 15) is 0 Å². The van der Waals surface area contributed by atoms with Crippen LogP contribution in [-0.4, -0.2) is 14.5 Å². The Bertz CT molecular complexity index is 3470. The van der Waals surface area contributed by atoms with Crippen molar-refractivity contribution >= 4 is 76.6 Å². The third-order valence-corrected chi connectivity index (χ3v) is 11.5. The number of imidazole rings is 1. The van der Waals surface area contributed by atoms with E-state index in [2.05, 4.69) is 140 Å². The number of para-hydroxylation sites is 1. The number of aromatic nitrogens is 3. The highest BCUT2D eigenvalue weighted by Gasteiger charge is 2.28. The quantitative estimate of drug-likeness (QED) is 0.166. The number of benzene rings is 7. The molecule has 0 aliphatic rings.